The lowest BCUT2D eigenvalue weighted by molar-refractivity contribution is 0.532. The van der Waals surface area contributed by atoms with Crippen molar-refractivity contribution in [1.82, 2.24) is 15.1 Å². The summed E-state index contributed by atoms with van der Waals surface area (Å²) in [6.07, 6.45) is 7.78. The fraction of sp³-hybridized carbons (Fsp3) is 0.786. The minimum Gasteiger partial charge on any atom is -0.311 e. The second-order valence-corrected chi connectivity index (χ2v) is 6.75. The quantitative estimate of drug-likeness (QED) is 0.889. The van der Waals surface area contributed by atoms with Gasteiger partial charge in [-0.15, -0.1) is 0 Å². The van der Waals surface area contributed by atoms with Crippen molar-refractivity contribution in [3.8, 4) is 0 Å². The number of hydrogen-bond donors (Lipinski definition) is 1. The molecule has 0 aromatic carbocycles. The van der Waals surface area contributed by atoms with Gasteiger partial charge in [0.05, 0.1) is 5.69 Å². The fourth-order valence-electron chi connectivity index (χ4n) is 2.96. The van der Waals surface area contributed by atoms with Crippen LogP contribution in [0, 0.1) is 13.8 Å². The van der Waals surface area contributed by atoms with E-state index in [9.17, 15) is 0 Å². The van der Waals surface area contributed by atoms with Crippen LogP contribution in [0.2, 0.25) is 0 Å². The Balaban J connectivity index is 1.92. The largest absolute Gasteiger partial charge is 0.311 e. The zero-order chi connectivity index (χ0) is 13.2. The van der Waals surface area contributed by atoms with Crippen LogP contribution in [0.1, 0.15) is 42.6 Å². The number of thioether (sulfide) groups is 1. The lowest BCUT2D eigenvalue weighted by atomic mass is 10.1. The monoisotopic (exact) mass is 267 g/mol. The van der Waals surface area contributed by atoms with E-state index in [1.165, 1.54) is 36.9 Å². The minimum atomic E-state index is 0.490. The van der Waals surface area contributed by atoms with E-state index in [2.05, 4.69) is 30.5 Å². The third-order valence-corrected chi connectivity index (χ3v) is 5.77. The van der Waals surface area contributed by atoms with Gasteiger partial charge in [-0.3, -0.25) is 4.68 Å². The summed E-state index contributed by atoms with van der Waals surface area (Å²) in [6, 6.07) is 0. The highest BCUT2D eigenvalue weighted by molar-refractivity contribution is 8.00. The molecule has 0 atom stereocenters. The summed E-state index contributed by atoms with van der Waals surface area (Å²) in [5.41, 5.74) is 3.81. The van der Waals surface area contributed by atoms with E-state index >= 15 is 0 Å². The van der Waals surface area contributed by atoms with Gasteiger partial charge in [0.1, 0.15) is 0 Å². The first-order chi connectivity index (χ1) is 8.58. The van der Waals surface area contributed by atoms with E-state index in [-0.39, 0.29) is 0 Å². The van der Waals surface area contributed by atoms with Crippen molar-refractivity contribution in [3.63, 3.8) is 0 Å². The molecule has 3 nitrogen and oxygen atoms in total. The second-order valence-electron chi connectivity index (χ2n) is 5.47. The second kappa shape index (κ2) is 5.66. The third kappa shape index (κ3) is 2.75. The van der Waals surface area contributed by atoms with Gasteiger partial charge in [0.25, 0.3) is 0 Å². The van der Waals surface area contributed by atoms with Crippen LogP contribution in [-0.2, 0) is 13.6 Å². The number of aromatic nitrogens is 2. The molecule has 0 saturated heterocycles. The molecule has 102 valence electrons. The molecule has 1 aliphatic rings. The molecule has 2 rings (SSSR count). The van der Waals surface area contributed by atoms with Crippen molar-refractivity contribution >= 4 is 11.8 Å². The summed E-state index contributed by atoms with van der Waals surface area (Å²) in [4.78, 5) is 0. The van der Waals surface area contributed by atoms with Crippen molar-refractivity contribution in [1.29, 1.82) is 0 Å². The van der Waals surface area contributed by atoms with Crippen molar-refractivity contribution in [2.24, 2.45) is 7.05 Å². The third-order valence-electron chi connectivity index (χ3n) is 4.36. The Labute approximate surface area is 115 Å². The summed E-state index contributed by atoms with van der Waals surface area (Å²) in [5, 5.41) is 8.13. The maximum atomic E-state index is 4.47. The predicted molar refractivity (Wildman–Crippen MR) is 79.1 cm³/mol. The van der Waals surface area contributed by atoms with Crippen LogP contribution >= 0.6 is 11.8 Å². The Morgan fingerprint density at radius 2 is 2.00 bits per heavy atom. The Kier molecular flexibility index (Phi) is 4.38. The molecule has 4 heteroatoms. The van der Waals surface area contributed by atoms with Gasteiger partial charge in [0.2, 0.25) is 0 Å². The molecule has 0 unspecified atom stereocenters. The molecule has 1 heterocycles. The van der Waals surface area contributed by atoms with Crippen LogP contribution in [0.4, 0.5) is 0 Å². The standard InChI is InChI=1S/C14H25N3S/c1-11-13(12(2)17(3)16-11)9-15-10-14(18-4)7-5-6-8-14/h15H,5-10H2,1-4H3. The van der Waals surface area contributed by atoms with Gasteiger partial charge < -0.3 is 5.32 Å². The molecular formula is C14H25N3S. The van der Waals surface area contributed by atoms with Gasteiger partial charge in [-0.25, -0.2) is 0 Å². The summed E-state index contributed by atoms with van der Waals surface area (Å²) < 4.78 is 2.47. The smallest absolute Gasteiger partial charge is 0.0641 e. The van der Waals surface area contributed by atoms with Gasteiger partial charge >= 0.3 is 0 Å². The van der Waals surface area contributed by atoms with Crippen LogP contribution in [0.3, 0.4) is 0 Å². The van der Waals surface area contributed by atoms with Crippen LogP contribution in [0.25, 0.3) is 0 Å². The first-order valence-corrected chi connectivity index (χ1v) is 8.05. The zero-order valence-corrected chi connectivity index (χ0v) is 12.9. The molecule has 0 spiro atoms. The average molecular weight is 267 g/mol. The molecule has 1 aromatic rings. The molecule has 1 N–H and O–H groups in total. The molecule has 1 aliphatic carbocycles. The fourth-order valence-corrected chi connectivity index (χ4v) is 3.90. The molecule has 1 fully saturated rings. The Morgan fingerprint density at radius 3 is 2.50 bits per heavy atom. The molecule has 1 saturated carbocycles. The van der Waals surface area contributed by atoms with E-state index in [0.29, 0.717) is 4.75 Å². The van der Waals surface area contributed by atoms with E-state index < -0.39 is 0 Å². The van der Waals surface area contributed by atoms with Gasteiger partial charge in [0.15, 0.2) is 0 Å². The molecule has 0 aliphatic heterocycles. The molecule has 0 radical (unpaired) electrons. The predicted octanol–water partition coefficient (Wildman–Crippen LogP) is 2.80. The number of aryl methyl sites for hydroxylation is 2. The first-order valence-electron chi connectivity index (χ1n) is 6.83. The van der Waals surface area contributed by atoms with Crippen LogP contribution in [-0.4, -0.2) is 27.3 Å². The molecule has 0 bridgehead atoms. The van der Waals surface area contributed by atoms with E-state index in [0.717, 1.165) is 18.8 Å². The SMILES string of the molecule is CSC1(CNCc2c(C)nn(C)c2C)CCCC1. The Bertz CT molecular complexity index is 405. The van der Waals surface area contributed by atoms with Crippen molar-refractivity contribution in [3.05, 3.63) is 17.0 Å². The highest BCUT2D eigenvalue weighted by Crippen LogP contribution is 2.39. The minimum absolute atomic E-state index is 0.490. The molecule has 0 amide bonds. The number of nitrogens with one attached hydrogen (secondary N) is 1. The summed E-state index contributed by atoms with van der Waals surface area (Å²) in [5.74, 6) is 0. The van der Waals surface area contributed by atoms with Gasteiger partial charge in [-0.2, -0.15) is 16.9 Å². The van der Waals surface area contributed by atoms with Crippen LogP contribution in [0.5, 0.6) is 0 Å². The summed E-state index contributed by atoms with van der Waals surface area (Å²) in [7, 11) is 2.02. The maximum absolute atomic E-state index is 4.47. The van der Waals surface area contributed by atoms with Crippen LogP contribution < -0.4 is 5.32 Å². The van der Waals surface area contributed by atoms with Crippen molar-refractivity contribution in [2.75, 3.05) is 12.8 Å². The van der Waals surface area contributed by atoms with Gasteiger partial charge in [0, 0.05) is 36.1 Å². The zero-order valence-electron chi connectivity index (χ0n) is 12.0. The number of nitrogens with zero attached hydrogens (tertiary/aromatic N) is 2. The van der Waals surface area contributed by atoms with E-state index in [1.54, 1.807) is 0 Å². The lowest BCUT2D eigenvalue weighted by Gasteiger charge is -2.27. The van der Waals surface area contributed by atoms with Crippen molar-refractivity contribution in [2.45, 2.75) is 50.8 Å². The number of hydrogen-bond acceptors (Lipinski definition) is 3. The molecule has 1 aromatic heterocycles. The van der Waals surface area contributed by atoms with Gasteiger partial charge in [-0.05, 0) is 32.9 Å². The molecule has 18 heavy (non-hydrogen) atoms. The van der Waals surface area contributed by atoms with E-state index in [1.807, 2.05) is 23.5 Å². The summed E-state index contributed by atoms with van der Waals surface area (Å²) in [6.45, 7) is 6.33. The average Bonchev–Trinajstić information content (AvgIpc) is 2.91. The van der Waals surface area contributed by atoms with Crippen molar-refractivity contribution < 1.29 is 0 Å². The highest BCUT2D eigenvalue weighted by atomic mass is 32.2. The maximum Gasteiger partial charge on any atom is 0.0641 e. The van der Waals surface area contributed by atoms with Crippen LogP contribution in [0.15, 0.2) is 0 Å². The van der Waals surface area contributed by atoms with Gasteiger partial charge in [-0.1, -0.05) is 12.8 Å². The Hall–Kier alpha value is -0.480. The Morgan fingerprint density at radius 1 is 1.33 bits per heavy atom. The highest BCUT2D eigenvalue weighted by Gasteiger charge is 2.32. The normalized spacial score (nSPS) is 18.4. The summed E-state index contributed by atoms with van der Waals surface area (Å²) >= 11 is 2.05. The van der Waals surface area contributed by atoms with E-state index in [4.69, 9.17) is 0 Å². The first kappa shape index (κ1) is 13.9. The lowest BCUT2D eigenvalue weighted by Crippen LogP contribution is -2.34. The topological polar surface area (TPSA) is 29.9 Å². The molecular weight excluding hydrogens is 242 g/mol. The number of rotatable bonds is 5.